The van der Waals surface area contributed by atoms with E-state index in [4.69, 9.17) is 23.2 Å². The van der Waals surface area contributed by atoms with Crippen LogP contribution in [0.25, 0.3) is 10.9 Å². The Hall–Kier alpha value is -1.43. The molecule has 0 N–H and O–H groups in total. The standard InChI is InChI=1S/C15H9BrCl2FN3/c1-22(11-5-8(16)4-10(19)7-11)14-12-3-2-9(17)6-13(12)20-15(18)21-14/h2-7H,1H3. The molecule has 3 nitrogen and oxygen atoms in total. The molecule has 3 rings (SSSR count). The van der Waals surface area contributed by atoms with Gasteiger partial charge in [-0.3, -0.25) is 0 Å². The van der Waals surface area contributed by atoms with Crippen molar-refractivity contribution in [1.82, 2.24) is 9.97 Å². The average Bonchev–Trinajstić information content (AvgIpc) is 2.44. The van der Waals surface area contributed by atoms with E-state index in [1.54, 1.807) is 30.1 Å². The van der Waals surface area contributed by atoms with Crippen molar-refractivity contribution in [3.05, 3.63) is 57.0 Å². The molecule has 7 heteroatoms. The fourth-order valence-electron chi connectivity index (χ4n) is 2.17. The Balaban J connectivity index is 2.20. The first-order valence-electron chi connectivity index (χ1n) is 6.26. The molecule has 0 aliphatic rings. The van der Waals surface area contributed by atoms with Crippen molar-refractivity contribution < 1.29 is 4.39 Å². The quantitative estimate of drug-likeness (QED) is 0.523. The summed E-state index contributed by atoms with van der Waals surface area (Å²) < 4.78 is 14.3. The van der Waals surface area contributed by atoms with Crippen LogP contribution in [0.3, 0.4) is 0 Å². The van der Waals surface area contributed by atoms with Crippen LogP contribution in [0.5, 0.6) is 0 Å². The van der Waals surface area contributed by atoms with Crippen LogP contribution in [0, 0.1) is 5.82 Å². The number of fused-ring (bicyclic) bond motifs is 1. The molecule has 0 saturated carbocycles. The smallest absolute Gasteiger partial charge is 0.224 e. The van der Waals surface area contributed by atoms with E-state index < -0.39 is 0 Å². The molecule has 0 unspecified atom stereocenters. The lowest BCUT2D eigenvalue weighted by atomic mass is 10.2. The molecule has 0 amide bonds. The molecule has 1 heterocycles. The second-order valence-electron chi connectivity index (χ2n) is 4.66. The van der Waals surface area contributed by atoms with Crippen LogP contribution in [0.1, 0.15) is 0 Å². The normalized spacial score (nSPS) is 11.0. The van der Waals surface area contributed by atoms with Gasteiger partial charge in [0.25, 0.3) is 0 Å². The zero-order valence-corrected chi connectivity index (χ0v) is 14.4. The Bertz CT molecular complexity index is 847. The molecule has 0 aliphatic heterocycles. The molecule has 0 spiro atoms. The highest BCUT2D eigenvalue weighted by Crippen LogP contribution is 2.32. The van der Waals surface area contributed by atoms with Crippen LogP contribution >= 0.6 is 39.1 Å². The van der Waals surface area contributed by atoms with Gasteiger partial charge in [0.1, 0.15) is 11.6 Å². The molecule has 0 bridgehead atoms. The molecular weight excluding hydrogens is 392 g/mol. The van der Waals surface area contributed by atoms with Crippen LogP contribution in [-0.4, -0.2) is 17.0 Å². The first-order valence-corrected chi connectivity index (χ1v) is 7.81. The highest BCUT2D eigenvalue weighted by Gasteiger charge is 2.14. The summed E-state index contributed by atoms with van der Waals surface area (Å²) in [6, 6.07) is 9.88. The van der Waals surface area contributed by atoms with Crippen LogP contribution in [0.15, 0.2) is 40.9 Å². The summed E-state index contributed by atoms with van der Waals surface area (Å²) in [6.45, 7) is 0. The van der Waals surface area contributed by atoms with E-state index in [9.17, 15) is 4.39 Å². The summed E-state index contributed by atoms with van der Waals surface area (Å²) in [4.78, 5) is 10.2. The lowest BCUT2D eigenvalue weighted by Gasteiger charge is -2.20. The summed E-state index contributed by atoms with van der Waals surface area (Å²) in [5.74, 6) is 0.230. The predicted octanol–water partition coefficient (Wildman–Crippen LogP) is 5.61. The van der Waals surface area contributed by atoms with Gasteiger partial charge in [-0.1, -0.05) is 27.5 Å². The van der Waals surface area contributed by atoms with Gasteiger partial charge < -0.3 is 4.90 Å². The molecule has 0 fully saturated rings. The van der Waals surface area contributed by atoms with Crippen LogP contribution in [-0.2, 0) is 0 Å². The fourth-order valence-corrected chi connectivity index (χ4v) is 2.96. The maximum atomic E-state index is 13.6. The topological polar surface area (TPSA) is 29.0 Å². The minimum atomic E-state index is -0.344. The molecule has 1 aromatic heterocycles. The van der Waals surface area contributed by atoms with Crippen LogP contribution < -0.4 is 4.90 Å². The minimum absolute atomic E-state index is 0.104. The van der Waals surface area contributed by atoms with Gasteiger partial charge in [0.15, 0.2) is 0 Å². The van der Waals surface area contributed by atoms with Crippen molar-refractivity contribution in [3.8, 4) is 0 Å². The number of aromatic nitrogens is 2. The summed E-state index contributed by atoms with van der Waals surface area (Å²) in [5.41, 5.74) is 1.27. The average molecular weight is 401 g/mol. The van der Waals surface area contributed by atoms with E-state index in [0.717, 1.165) is 5.39 Å². The molecule has 22 heavy (non-hydrogen) atoms. The summed E-state index contributed by atoms with van der Waals surface area (Å²) in [7, 11) is 1.79. The monoisotopic (exact) mass is 399 g/mol. The minimum Gasteiger partial charge on any atom is -0.329 e. The molecule has 0 saturated heterocycles. The van der Waals surface area contributed by atoms with Gasteiger partial charge in [0, 0.05) is 27.6 Å². The Morgan fingerprint density at radius 2 is 1.86 bits per heavy atom. The zero-order valence-electron chi connectivity index (χ0n) is 11.3. The second kappa shape index (κ2) is 5.99. The third-order valence-corrected chi connectivity index (χ3v) is 4.03. The van der Waals surface area contributed by atoms with Gasteiger partial charge in [-0.05, 0) is 48.0 Å². The summed E-state index contributed by atoms with van der Waals surface area (Å²) in [5, 5.41) is 1.44. The third-order valence-electron chi connectivity index (χ3n) is 3.16. The van der Waals surface area contributed by atoms with Gasteiger partial charge in [-0.25, -0.2) is 9.37 Å². The number of rotatable bonds is 2. The number of benzene rings is 2. The highest BCUT2D eigenvalue weighted by atomic mass is 79.9. The van der Waals surface area contributed by atoms with Crippen molar-refractivity contribution in [2.24, 2.45) is 0 Å². The molecule has 112 valence electrons. The van der Waals surface area contributed by atoms with E-state index in [2.05, 4.69) is 25.9 Å². The Morgan fingerprint density at radius 3 is 2.59 bits per heavy atom. The van der Waals surface area contributed by atoms with Crippen molar-refractivity contribution in [3.63, 3.8) is 0 Å². The number of hydrogen-bond acceptors (Lipinski definition) is 3. The maximum absolute atomic E-state index is 13.6. The molecule has 0 atom stereocenters. The molecular formula is C15H9BrCl2FN3. The third kappa shape index (κ3) is 3.02. The number of anilines is 2. The van der Waals surface area contributed by atoms with Crippen molar-refractivity contribution in [2.75, 3.05) is 11.9 Å². The number of nitrogens with zero attached hydrogens (tertiary/aromatic N) is 3. The van der Waals surface area contributed by atoms with Crippen LogP contribution in [0.2, 0.25) is 10.3 Å². The predicted molar refractivity (Wildman–Crippen MR) is 91.7 cm³/mol. The first-order chi connectivity index (χ1) is 10.4. The molecule has 0 aliphatic carbocycles. The van der Waals surface area contributed by atoms with E-state index in [-0.39, 0.29) is 11.1 Å². The zero-order chi connectivity index (χ0) is 15.9. The van der Waals surface area contributed by atoms with Gasteiger partial charge in [-0.15, -0.1) is 0 Å². The Morgan fingerprint density at radius 1 is 1.09 bits per heavy atom. The van der Waals surface area contributed by atoms with Gasteiger partial charge in [0.2, 0.25) is 5.28 Å². The van der Waals surface area contributed by atoms with Crippen molar-refractivity contribution in [1.29, 1.82) is 0 Å². The van der Waals surface area contributed by atoms with E-state index in [1.807, 2.05) is 6.07 Å². The highest BCUT2D eigenvalue weighted by molar-refractivity contribution is 9.10. The first kappa shape index (κ1) is 15.5. The number of halogens is 4. The summed E-state index contributed by atoms with van der Waals surface area (Å²) in [6.07, 6.45) is 0. The van der Waals surface area contributed by atoms with E-state index >= 15 is 0 Å². The van der Waals surface area contributed by atoms with Gasteiger partial charge in [-0.2, -0.15) is 4.98 Å². The SMILES string of the molecule is CN(c1cc(F)cc(Br)c1)c1nc(Cl)nc2cc(Cl)ccc12. The van der Waals surface area contributed by atoms with Crippen LogP contribution in [0.4, 0.5) is 15.9 Å². The van der Waals surface area contributed by atoms with Crippen molar-refractivity contribution >= 4 is 61.5 Å². The Labute approximate surface area is 144 Å². The molecule has 0 radical (unpaired) electrons. The lowest BCUT2D eigenvalue weighted by Crippen LogP contribution is -2.12. The van der Waals surface area contributed by atoms with E-state index in [0.29, 0.717) is 26.5 Å². The number of hydrogen-bond donors (Lipinski definition) is 0. The van der Waals surface area contributed by atoms with E-state index in [1.165, 1.54) is 12.1 Å². The molecule has 3 aromatic rings. The largest absolute Gasteiger partial charge is 0.329 e. The Kier molecular flexibility index (Phi) is 4.21. The van der Waals surface area contributed by atoms with Gasteiger partial charge >= 0.3 is 0 Å². The fraction of sp³-hybridized carbons (Fsp3) is 0.0667. The molecule has 2 aromatic carbocycles. The maximum Gasteiger partial charge on any atom is 0.224 e. The summed E-state index contributed by atoms with van der Waals surface area (Å²) >= 11 is 15.3. The van der Waals surface area contributed by atoms with Crippen molar-refractivity contribution in [2.45, 2.75) is 0 Å². The second-order valence-corrected chi connectivity index (χ2v) is 6.35. The lowest BCUT2D eigenvalue weighted by molar-refractivity contribution is 0.627. The van der Waals surface area contributed by atoms with Gasteiger partial charge in [0.05, 0.1) is 5.52 Å².